The summed E-state index contributed by atoms with van der Waals surface area (Å²) in [5.41, 5.74) is -0.390. The Morgan fingerprint density at radius 3 is 2.60 bits per heavy atom. The molecule has 5 rings (SSSR count). The van der Waals surface area contributed by atoms with E-state index in [2.05, 4.69) is 15.9 Å². The maximum absolute atomic E-state index is 12.9. The number of aliphatic hydroxyl groups excluding tert-OH is 1. The highest BCUT2D eigenvalue weighted by Crippen LogP contribution is 2.63. The van der Waals surface area contributed by atoms with E-state index in [-0.39, 0.29) is 24.2 Å². The van der Waals surface area contributed by atoms with Crippen LogP contribution in [-0.2, 0) is 9.53 Å². The van der Waals surface area contributed by atoms with Crippen LogP contribution in [0.3, 0.4) is 0 Å². The number of rotatable bonds is 2. The van der Waals surface area contributed by atoms with Crippen LogP contribution in [-0.4, -0.2) is 29.7 Å². The summed E-state index contributed by atoms with van der Waals surface area (Å²) in [6.07, 6.45) is 2.77. The maximum atomic E-state index is 12.9. The highest BCUT2D eigenvalue weighted by Gasteiger charge is 2.71. The smallest absolute Gasteiger partial charge is 0.180 e. The van der Waals surface area contributed by atoms with Gasteiger partial charge in [-0.3, -0.25) is 4.79 Å². The molecule has 0 radical (unpaired) electrons. The van der Waals surface area contributed by atoms with Crippen LogP contribution in [0.5, 0.6) is 0 Å². The molecule has 1 aliphatic heterocycles. The Balaban J connectivity index is 1.87. The van der Waals surface area contributed by atoms with Crippen molar-refractivity contribution in [2.45, 2.75) is 17.9 Å². The Bertz CT molecular complexity index is 605. The third kappa shape index (κ3) is 1.39. The van der Waals surface area contributed by atoms with Crippen LogP contribution >= 0.6 is 15.9 Å². The largest absolute Gasteiger partial charge is 0.395 e. The van der Waals surface area contributed by atoms with Gasteiger partial charge in [0.1, 0.15) is 0 Å². The van der Waals surface area contributed by atoms with Gasteiger partial charge in [-0.1, -0.05) is 52.3 Å². The Labute approximate surface area is 125 Å². The first-order valence-corrected chi connectivity index (χ1v) is 7.66. The molecule has 1 saturated carbocycles. The Kier molecular flexibility index (Phi) is 2.57. The Morgan fingerprint density at radius 2 is 2.00 bits per heavy atom. The van der Waals surface area contributed by atoms with Crippen LogP contribution in [0.2, 0.25) is 0 Å². The van der Waals surface area contributed by atoms with Gasteiger partial charge < -0.3 is 9.84 Å². The van der Waals surface area contributed by atoms with Gasteiger partial charge >= 0.3 is 0 Å². The molecule has 1 heterocycles. The Morgan fingerprint density at radius 1 is 1.30 bits per heavy atom. The molecule has 20 heavy (non-hydrogen) atoms. The van der Waals surface area contributed by atoms with Gasteiger partial charge in [0.2, 0.25) is 0 Å². The van der Waals surface area contributed by atoms with E-state index < -0.39 is 11.0 Å². The summed E-state index contributed by atoms with van der Waals surface area (Å²) >= 11 is 3.58. The number of ketones is 1. The molecule has 4 aliphatic rings. The van der Waals surface area contributed by atoms with Gasteiger partial charge in [-0.2, -0.15) is 0 Å². The van der Waals surface area contributed by atoms with Gasteiger partial charge in [-0.25, -0.2) is 0 Å². The summed E-state index contributed by atoms with van der Waals surface area (Å²) in [5, 5.41) is 10.0. The van der Waals surface area contributed by atoms with Crippen molar-refractivity contribution < 1.29 is 14.6 Å². The van der Waals surface area contributed by atoms with Gasteiger partial charge in [0.05, 0.1) is 18.6 Å². The normalized spacial score (nSPS) is 41.9. The van der Waals surface area contributed by atoms with Crippen molar-refractivity contribution in [2.75, 3.05) is 13.2 Å². The molecule has 1 spiro atoms. The summed E-state index contributed by atoms with van der Waals surface area (Å²) in [6, 6.07) is 10.0. The molecule has 0 amide bonds. The number of carbonyl (C=O) groups is 1. The predicted molar refractivity (Wildman–Crippen MR) is 77.5 cm³/mol. The standard InChI is InChI=1S/C16H15BrO3/c17-13-7-15(8-18)11(10-4-2-1-3-5-10)6-12(13)16(9-20-16)14(15)19/h1-5,7,11-12,18H,6,8-9H2/t11?,12?,15-,16+/m1/s1. The van der Waals surface area contributed by atoms with Crippen molar-refractivity contribution in [3.05, 3.63) is 46.5 Å². The topological polar surface area (TPSA) is 49.8 Å². The van der Waals surface area contributed by atoms with Crippen LogP contribution < -0.4 is 0 Å². The molecule has 2 unspecified atom stereocenters. The van der Waals surface area contributed by atoms with Crippen molar-refractivity contribution in [3.8, 4) is 0 Å². The lowest BCUT2D eigenvalue weighted by Crippen LogP contribution is -2.58. The van der Waals surface area contributed by atoms with Gasteiger partial charge in [-0.15, -0.1) is 0 Å². The zero-order valence-electron chi connectivity index (χ0n) is 10.9. The van der Waals surface area contributed by atoms with Crippen molar-refractivity contribution in [3.63, 3.8) is 0 Å². The van der Waals surface area contributed by atoms with Crippen LogP contribution in [0, 0.1) is 11.3 Å². The molecule has 1 N–H and O–H groups in total. The summed E-state index contributed by atoms with van der Waals surface area (Å²) in [7, 11) is 0. The fraction of sp³-hybridized carbons (Fsp3) is 0.438. The first-order valence-electron chi connectivity index (χ1n) is 6.87. The molecule has 1 aromatic rings. The maximum Gasteiger partial charge on any atom is 0.180 e. The van der Waals surface area contributed by atoms with Gasteiger partial charge in [-0.05, 0) is 16.5 Å². The summed E-state index contributed by atoms with van der Waals surface area (Å²) in [4.78, 5) is 12.9. The van der Waals surface area contributed by atoms with E-state index in [0.717, 1.165) is 16.5 Å². The number of Topliss-reactive ketones (excluding diaryl/α,β-unsaturated/α-hetero) is 1. The number of epoxide rings is 1. The SMILES string of the molecule is O=C1[C@@]2(CO)C=C(Br)C(CC2c2ccccc2)[C@@]12CO2. The molecule has 4 atom stereocenters. The first kappa shape index (κ1) is 12.7. The van der Waals surface area contributed by atoms with Crippen LogP contribution in [0.1, 0.15) is 17.9 Å². The van der Waals surface area contributed by atoms with Crippen LogP contribution in [0.25, 0.3) is 0 Å². The summed E-state index contributed by atoms with van der Waals surface area (Å²) < 4.78 is 6.54. The van der Waals surface area contributed by atoms with Crippen molar-refractivity contribution in [1.82, 2.24) is 0 Å². The number of aliphatic hydroxyl groups is 1. The molecule has 3 nitrogen and oxygen atoms in total. The molecule has 104 valence electrons. The fourth-order valence-electron chi connectivity index (χ4n) is 3.95. The quantitative estimate of drug-likeness (QED) is 0.845. The van der Waals surface area contributed by atoms with E-state index in [1.54, 1.807) is 0 Å². The minimum atomic E-state index is -0.842. The second-order valence-electron chi connectivity index (χ2n) is 5.99. The zero-order valence-corrected chi connectivity index (χ0v) is 12.5. The lowest BCUT2D eigenvalue weighted by molar-refractivity contribution is -0.142. The molecule has 2 fully saturated rings. The number of ether oxygens (including phenoxy) is 1. The number of halogens is 1. The second kappa shape index (κ2) is 4.03. The van der Waals surface area contributed by atoms with Crippen molar-refractivity contribution in [1.29, 1.82) is 0 Å². The van der Waals surface area contributed by atoms with Crippen molar-refractivity contribution in [2.24, 2.45) is 11.3 Å². The van der Waals surface area contributed by atoms with Gasteiger partial charge in [0.15, 0.2) is 11.4 Å². The molecule has 0 aromatic heterocycles. The average Bonchev–Trinajstić information content (AvgIpc) is 3.26. The van der Waals surface area contributed by atoms with Crippen LogP contribution in [0.15, 0.2) is 40.9 Å². The van der Waals surface area contributed by atoms with E-state index in [1.165, 1.54) is 0 Å². The zero-order chi connectivity index (χ0) is 14.0. The molecular weight excluding hydrogens is 320 g/mol. The molecule has 1 aromatic carbocycles. The second-order valence-corrected chi connectivity index (χ2v) is 6.90. The molecule has 2 bridgehead atoms. The van der Waals surface area contributed by atoms with E-state index >= 15 is 0 Å². The molecule has 4 heteroatoms. The minimum Gasteiger partial charge on any atom is -0.395 e. The van der Waals surface area contributed by atoms with Gasteiger partial charge in [0.25, 0.3) is 0 Å². The predicted octanol–water partition coefficient (Wildman–Crippen LogP) is 2.40. The minimum absolute atomic E-state index is 0.0299. The fourth-order valence-corrected chi connectivity index (χ4v) is 4.92. The summed E-state index contributed by atoms with van der Waals surface area (Å²) in [6.45, 7) is 0.320. The Hall–Kier alpha value is -0.970. The van der Waals surface area contributed by atoms with E-state index in [1.807, 2.05) is 36.4 Å². The van der Waals surface area contributed by atoms with Gasteiger partial charge in [0, 0.05) is 11.8 Å². The lowest BCUT2D eigenvalue weighted by Gasteiger charge is -2.50. The highest BCUT2D eigenvalue weighted by molar-refractivity contribution is 9.11. The average molecular weight is 335 g/mol. The number of hydrogen-bond donors (Lipinski definition) is 1. The molecular formula is C16H15BrO3. The number of carbonyl (C=O) groups excluding carboxylic acids is 1. The lowest BCUT2D eigenvalue weighted by atomic mass is 9.53. The summed E-state index contributed by atoms with van der Waals surface area (Å²) in [5.74, 6) is 0.178. The van der Waals surface area contributed by atoms with E-state index in [9.17, 15) is 9.90 Å². The third-order valence-electron chi connectivity index (χ3n) is 5.11. The number of benzene rings is 1. The van der Waals surface area contributed by atoms with E-state index in [4.69, 9.17) is 4.74 Å². The van der Waals surface area contributed by atoms with Crippen LogP contribution in [0.4, 0.5) is 0 Å². The number of fused-ring (bicyclic) bond motifs is 1. The number of hydrogen-bond acceptors (Lipinski definition) is 3. The monoisotopic (exact) mass is 334 g/mol. The first-order chi connectivity index (χ1) is 9.64. The molecule has 1 saturated heterocycles. The highest BCUT2D eigenvalue weighted by atomic mass is 79.9. The molecule has 3 aliphatic carbocycles. The third-order valence-corrected chi connectivity index (χ3v) is 5.89. The van der Waals surface area contributed by atoms with E-state index in [0.29, 0.717) is 6.61 Å². The van der Waals surface area contributed by atoms with Crippen molar-refractivity contribution >= 4 is 21.7 Å².